The highest BCUT2D eigenvalue weighted by atomic mass is 32.2. The Morgan fingerprint density at radius 3 is 3.12 bits per heavy atom. The Labute approximate surface area is 96.4 Å². The van der Waals surface area contributed by atoms with Crippen molar-refractivity contribution >= 4 is 17.7 Å². The van der Waals surface area contributed by atoms with Crippen LogP contribution in [0.5, 0.6) is 0 Å². The number of hydrogen-bond acceptors (Lipinski definition) is 6. The van der Waals surface area contributed by atoms with Crippen molar-refractivity contribution in [3.05, 3.63) is 33.6 Å². The third-order valence-corrected chi connectivity index (χ3v) is 2.68. The molecule has 1 aliphatic rings. The van der Waals surface area contributed by atoms with Crippen molar-refractivity contribution in [2.75, 3.05) is 12.4 Å². The van der Waals surface area contributed by atoms with Crippen molar-refractivity contribution in [2.45, 2.75) is 13.0 Å². The summed E-state index contributed by atoms with van der Waals surface area (Å²) in [5.41, 5.74) is 0.312. The molecule has 0 N–H and O–H groups in total. The molecule has 1 unspecified atom stereocenters. The molecule has 0 aliphatic carbocycles. The molecule has 0 bridgehead atoms. The van der Waals surface area contributed by atoms with Crippen LogP contribution in [0, 0.1) is 10.1 Å². The van der Waals surface area contributed by atoms with Crippen molar-refractivity contribution in [1.82, 2.24) is 0 Å². The van der Waals surface area contributed by atoms with Crippen molar-refractivity contribution < 1.29 is 19.2 Å². The number of hydrogen-bond donors (Lipinski definition) is 0. The Kier molecular flexibility index (Phi) is 4.36. The number of thioether (sulfide) groups is 1. The average molecular weight is 245 g/mol. The monoisotopic (exact) mass is 245 g/mol. The van der Waals surface area contributed by atoms with Crippen molar-refractivity contribution in [3.63, 3.8) is 0 Å². The predicted octanol–water partition coefficient (Wildman–Crippen LogP) is 1.31. The Balaban J connectivity index is 2.35. The molecule has 1 rings (SSSR count). The first-order chi connectivity index (χ1) is 7.49. The summed E-state index contributed by atoms with van der Waals surface area (Å²) in [5, 5.41) is 10.4. The smallest absolute Gasteiger partial charge is 0.333 e. The summed E-state index contributed by atoms with van der Waals surface area (Å²) in [5.74, 6) is 0.0451. The van der Waals surface area contributed by atoms with Gasteiger partial charge >= 0.3 is 5.97 Å². The predicted molar refractivity (Wildman–Crippen MR) is 58.2 cm³/mol. The van der Waals surface area contributed by atoms with Crippen LogP contribution in [0.4, 0.5) is 0 Å². The normalized spacial score (nSPS) is 21.6. The Bertz CT molecular complexity index is 352. The van der Waals surface area contributed by atoms with Crippen LogP contribution >= 0.6 is 11.8 Å². The van der Waals surface area contributed by atoms with E-state index in [4.69, 9.17) is 9.47 Å². The van der Waals surface area contributed by atoms with Gasteiger partial charge in [-0.05, 0) is 6.92 Å². The summed E-state index contributed by atoms with van der Waals surface area (Å²) in [4.78, 5) is 20.6. The summed E-state index contributed by atoms with van der Waals surface area (Å²) in [6.07, 6.45) is 0.463. The van der Waals surface area contributed by atoms with Gasteiger partial charge < -0.3 is 9.47 Å². The summed E-state index contributed by atoms with van der Waals surface area (Å²) >= 11 is 1.22. The summed E-state index contributed by atoms with van der Waals surface area (Å²) in [6, 6.07) is 0. The standard InChI is InChI=1S/C9H11NO5S/c1-6(2)9(11)14-4-7-5-16-8(15-7)3-10(12)13/h3,7H,1,4-5H2,2H3/b8-3-. The van der Waals surface area contributed by atoms with E-state index in [1.165, 1.54) is 11.8 Å². The number of ether oxygens (including phenoxy) is 2. The van der Waals surface area contributed by atoms with Crippen LogP contribution in [-0.2, 0) is 14.3 Å². The molecule has 0 aromatic heterocycles. The molecule has 1 saturated heterocycles. The topological polar surface area (TPSA) is 78.7 Å². The van der Waals surface area contributed by atoms with E-state index in [0.29, 0.717) is 11.3 Å². The van der Waals surface area contributed by atoms with Crippen molar-refractivity contribution in [1.29, 1.82) is 0 Å². The van der Waals surface area contributed by atoms with Crippen LogP contribution in [-0.4, -0.2) is 29.4 Å². The zero-order chi connectivity index (χ0) is 12.1. The fourth-order valence-corrected chi connectivity index (χ4v) is 1.81. The molecule has 0 saturated carbocycles. The molecule has 1 heterocycles. The molecular weight excluding hydrogens is 234 g/mol. The maximum Gasteiger partial charge on any atom is 0.333 e. The molecule has 6 nitrogen and oxygen atoms in total. The quantitative estimate of drug-likeness (QED) is 0.321. The number of esters is 1. The maximum atomic E-state index is 11.1. The largest absolute Gasteiger partial charge is 0.474 e. The molecular formula is C9H11NO5S. The van der Waals surface area contributed by atoms with Gasteiger partial charge in [-0.25, -0.2) is 4.79 Å². The third-order valence-electron chi connectivity index (χ3n) is 1.65. The van der Waals surface area contributed by atoms with Crippen LogP contribution < -0.4 is 0 Å². The second kappa shape index (κ2) is 5.55. The lowest BCUT2D eigenvalue weighted by Gasteiger charge is -2.09. The number of rotatable bonds is 4. The number of nitro groups is 1. The van der Waals surface area contributed by atoms with Gasteiger partial charge in [-0.1, -0.05) is 18.3 Å². The summed E-state index contributed by atoms with van der Waals surface area (Å²) in [6.45, 7) is 5.06. The number of carbonyl (C=O) groups excluding carboxylic acids is 1. The molecule has 88 valence electrons. The minimum atomic E-state index is -0.579. The van der Waals surface area contributed by atoms with Gasteiger partial charge in [-0.2, -0.15) is 0 Å². The molecule has 1 aliphatic heterocycles. The number of nitrogens with zero attached hydrogens (tertiary/aromatic N) is 1. The highest BCUT2D eigenvalue weighted by Crippen LogP contribution is 2.28. The van der Waals surface area contributed by atoms with Gasteiger partial charge in [0.05, 0.1) is 4.92 Å². The lowest BCUT2D eigenvalue weighted by molar-refractivity contribution is -0.404. The second-order valence-corrected chi connectivity index (χ2v) is 4.19. The van der Waals surface area contributed by atoms with E-state index in [2.05, 4.69) is 6.58 Å². The van der Waals surface area contributed by atoms with E-state index < -0.39 is 10.9 Å². The molecule has 1 fully saturated rings. The van der Waals surface area contributed by atoms with Crippen LogP contribution in [0.2, 0.25) is 0 Å². The second-order valence-electron chi connectivity index (χ2n) is 3.16. The van der Waals surface area contributed by atoms with Crippen LogP contribution in [0.25, 0.3) is 0 Å². The van der Waals surface area contributed by atoms with Gasteiger partial charge in [0, 0.05) is 11.3 Å². The van der Waals surface area contributed by atoms with E-state index in [9.17, 15) is 14.9 Å². The highest BCUT2D eigenvalue weighted by Gasteiger charge is 2.25. The van der Waals surface area contributed by atoms with E-state index in [0.717, 1.165) is 6.20 Å². The summed E-state index contributed by atoms with van der Waals surface area (Å²) < 4.78 is 10.0. The minimum absolute atomic E-state index is 0.0771. The molecule has 0 radical (unpaired) electrons. The van der Waals surface area contributed by atoms with Crippen molar-refractivity contribution in [2.24, 2.45) is 0 Å². The maximum absolute atomic E-state index is 11.1. The van der Waals surface area contributed by atoms with Gasteiger partial charge in [0.2, 0.25) is 5.09 Å². The molecule has 7 heteroatoms. The Morgan fingerprint density at radius 1 is 1.88 bits per heavy atom. The Morgan fingerprint density at radius 2 is 2.56 bits per heavy atom. The summed E-state index contributed by atoms with van der Waals surface area (Å²) in [7, 11) is 0. The molecule has 0 amide bonds. The fourth-order valence-electron chi connectivity index (χ4n) is 0.935. The highest BCUT2D eigenvalue weighted by molar-refractivity contribution is 8.03. The first-order valence-corrected chi connectivity index (χ1v) is 5.45. The fraction of sp³-hybridized carbons (Fsp3) is 0.444. The van der Waals surface area contributed by atoms with E-state index >= 15 is 0 Å². The SMILES string of the molecule is C=C(C)C(=O)OCC1CS/C(=C\[N+](=O)[O-])O1. The Hall–Kier alpha value is -1.50. The van der Waals surface area contributed by atoms with Crippen molar-refractivity contribution in [3.8, 4) is 0 Å². The first-order valence-electron chi connectivity index (χ1n) is 4.46. The van der Waals surface area contributed by atoms with Gasteiger partial charge in [0.1, 0.15) is 12.7 Å². The zero-order valence-electron chi connectivity index (χ0n) is 8.67. The number of carbonyl (C=O) groups is 1. The van der Waals surface area contributed by atoms with E-state index in [1.54, 1.807) is 6.92 Å². The van der Waals surface area contributed by atoms with Gasteiger partial charge in [0.25, 0.3) is 6.20 Å². The van der Waals surface area contributed by atoms with Crippen LogP contribution in [0.1, 0.15) is 6.92 Å². The van der Waals surface area contributed by atoms with E-state index in [1.807, 2.05) is 0 Å². The lowest BCUT2D eigenvalue weighted by atomic mass is 10.3. The van der Waals surface area contributed by atoms with Gasteiger partial charge in [-0.15, -0.1) is 0 Å². The van der Waals surface area contributed by atoms with Gasteiger partial charge in [0.15, 0.2) is 0 Å². The lowest BCUT2D eigenvalue weighted by Crippen LogP contribution is -2.20. The molecule has 16 heavy (non-hydrogen) atoms. The van der Waals surface area contributed by atoms with Crippen LogP contribution in [0.15, 0.2) is 23.4 Å². The molecule has 1 atom stereocenters. The van der Waals surface area contributed by atoms with E-state index in [-0.39, 0.29) is 17.8 Å². The average Bonchev–Trinajstić information content (AvgIpc) is 2.60. The zero-order valence-corrected chi connectivity index (χ0v) is 9.49. The molecule has 0 aromatic rings. The molecule has 0 spiro atoms. The minimum Gasteiger partial charge on any atom is -0.474 e. The van der Waals surface area contributed by atoms with Crippen LogP contribution in [0.3, 0.4) is 0 Å². The third kappa shape index (κ3) is 3.93. The first kappa shape index (κ1) is 12.6. The molecule has 0 aromatic carbocycles. The van der Waals surface area contributed by atoms with Gasteiger partial charge in [-0.3, -0.25) is 10.1 Å².